The van der Waals surface area contributed by atoms with Crippen LogP contribution in [0.4, 0.5) is 0 Å². The molecule has 0 aliphatic rings. The van der Waals surface area contributed by atoms with E-state index in [-0.39, 0.29) is 6.04 Å². The highest BCUT2D eigenvalue weighted by Gasteiger charge is 2.10. The predicted molar refractivity (Wildman–Crippen MR) is 78.8 cm³/mol. The molecule has 0 amide bonds. The monoisotopic (exact) mass is 259 g/mol. The number of benzene rings is 1. The normalized spacial score (nSPS) is 12.4. The highest BCUT2D eigenvalue weighted by Crippen LogP contribution is 2.23. The smallest absolute Gasteiger partial charge is 0.134 e. The van der Waals surface area contributed by atoms with Crippen molar-refractivity contribution in [3.05, 3.63) is 36.1 Å². The van der Waals surface area contributed by atoms with Crippen molar-refractivity contribution >= 4 is 22.7 Å². The summed E-state index contributed by atoms with van der Waals surface area (Å²) in [6.07, 6.45) is 5.20. The van der Waals surface area contributed by atoms with Crippen LogP contribution in [0.2, 0.25) is 0 Å². The number of nitrogens with one attached hydrogen (secondary N) is 1. The first kappa shape index (κ1) is 13.1. The number of rotatable bonds is 6. The largest absolute Gasteiger partial charge is 0.459 e. The third kappa shape index (κ3) is 3.32. The van der Waals surface area contributed by atoms with Crippen molar-refractivity contribution < 1.29 is 4.42 Å². The topological polar surface area (TPSA) is 25.2 Å². The van der Waals surface area contributed by atoms with Gasteiger partial charge in [-0.25, -0.2) is 0 Å². The van der Waals surface area contributed by atoms with Crippen molar-refractivity contribution in [2.45, 2.75) is 13.0 Å². The predicted octanol–water partition coefficient (Wildman–Crippen LogP) is 3.45. The summed E-state index contributed by atoms with van der Waals surface area (Å²) in [5, 5.41) is 4.59. The zero-order chi connectivity index (χ0) is 12.8. The first-order chi connectivity index (χ1) is 8.81. The second-order valence-corrected chi connectivity index (χ2v) is 5.22. The number of para-hydroxylation sites is 1. The van der Waals surface area contributed by atoms with E-state index >= 15 is 0 Å². The molecule has 2 nitrogen and oxygen atoms in total. The highest BCUT2D eigenvalue weighted by atomic mass is 32.2. The average molecular weight is 259 g/mol. The van der Waals surface area contributed by atoms with Gasteiger partial charge < -0.3 is 9.73 Å². The van der Waals surface area contributed by atoms with Gasteiger partial charge in [0.2, 0.25) is 0 Å². The minimum atomic E-state index is 0.226. The van der Waals surface area contributed by atoms with Gasteiger partial charge in [-0.1, -0.05) is 24.1 Å². The van der Waals surface area contributed by atoms with Crippen LogP contribution in [-0.4, -0.2) is 18.1 Å². The molecular weight excluding hydrogens is 242 g/mol. The lowest BCUT2D eigenvalue weighted by molar-refractivity contribution is 0.460. The summed E-state index contributed by atoms with van der Waals surface area (Å²) in [5.41, 5.74) is 0.947. The van der Waals surface area contributed by atoms with E-state index in [1.807, 2.05) is 18.2 Å². The molecule has 0 aliphatic carbocycles. The van der Waals surface area contributed by atoms with Gasteiger partial charge in [-0.05, 0) is 19.1 Å². The van der Waals surface area contributed by atoms with Crippen LogP contribution >= 0.6 is 11.8 Å². The van der Waals surface area contributed by atoms with Crippen LogP contribution in [0.5, 0.6) is 0 Å². The summed E-state index contributed by atoms with van der Waals surface area (Å²) in [5.74, 6) is 5.41. The summed E-state index contributed by atoms with van der Waals surface area (Å²) in [6, 6.07) is 10.4. The lowest BCUT2D eigenvalue weighted by Gasteiger charge is -2.10. The van der Waals surface area contributed by atoms with Crippen molar-refractivity contribution in [3.8, 4) is 12.3 Å². The van der Waals surface area contributed by atoms with Crippen LogP contribution in [0.3, 0.4) is 0 Å². The van der Waals surface area contributed by atoms with Gasteiger partial charge in [0.05, 0.1) is 11.8 Å². The molecule has 1 N–H and O–H groups in total. The van der Waals surface area contributed by atoms with Crippen molar-refractivity contribution in [2.75, 3.05) is 18.1 Å². The molecule has 18 heavy (non-hydrogen) atoms. The van der Waals surface area contributed by atoms with Gasteiger partial charge in [-0.2, -0.15) is 0 Å². The molecule has 0 bridgehead atoms. The molecule has 3 heteroatoms. The van der Waals surface area contributed by atoms with Gasteiger partial charge in [0.25, 0.3) is 0 Å². The summed E-state index contributed by atoms with van der Waals surface area (Å²) in [7, 11) is 0. The highest BCUT2D eigenvalue weighted by molar-refractivity contribution is 7.99. The second-order valence-electron chi connectivity index (χ2n) is 4.12. The number of hydrogen-bond donors (Lipinski definition) is 1. The molecule has 0 spiro atoms. The number of hydrogen-bond acceptors (Lipinski definition) is 3. The third-order valence-corrected chi connectivity index (χ3v) is 3.62. The average Bonchev–Trinajstić information content (AvgIpc) is 2.82. The lowest BCUT2D eigenvalue weighted by atomic mass is 10.2. The van der Waals surface area contributed by atoms with Gasteiger partial charge in [-0.15, -0.1) is 18.2 Å². The van der Waals surface area contributed by atoms with E-state index in [2.05, 4.69) is 30.3 Å². The van der Waals surface area contributed by atoms with E-state index in [1.165, 1.54) is 0 Å². The van der Waals surface area contributed by atoms with Crippen molar-refractivity contribution in [1.82, 2.24) is 5.32 Å². The van der Waals surface area contributed by atoms with Crippen molar-refractivity contribution in [2.24, 2.45) is 0 Å². The number of furan rings is 1. The second kappa shape index (κ2) is 6.53. The Bertz CT molecular complexity index is 508. The Labute approximate surface area is 112 Å². The van der Waals surface area contributed by atoms with Crippen LogP contribution < -0.4 is 5.32 Å². The molecule has 1 heterocycles. The lowest BCUT2D eigenvalue weighted by Crippen LogP contribution is -2.20. The maximum absolute atomic E-state index is 5.81. The molecule has 0 saturated heterocycles. The fourth-order valence-corrected chi connectivity index (χ4v) is 2.32. The zero-order valence-electron chi connectivity index (χ0n) is 10.5. The number of terminal acetylenes is 1. The van der Waals surface area contributed by atoms with Gasteiger partial charge in [0, 0.05) is 17.7 Å². The Kier molecular flexibility index (Phi) is 4.74. The SMILES string of the molecule is C#CCSCCNC(C)c1cc2ccccc2o1. The summed E-state index contributed by atoms with van der Waals surface area (Å²) >= 11 is 1.77. The molecule has 2 aromatic rings. The molecule has 0 radical (unpaired) electrons. The van der Waals surface area contributed by atoms with Crippen molar-refractivity contribution in [1.29, 1.82) is 0 Å². The molecule has 1 unspecified atom stereocenters. The minimum Gasteiger partial charge on any atom is -0.459 e. The number of thioether (sulfide) groups is 1. The zero-order valence-corrected chi connectivity index (χ0v) is 11.3. The van der Waals surface area contributed by atoms with E-state index in [9.17, 15) is 0 Å². The molecular formula is C15H17NOS. The Morgan fingerprint density at radius 3 is 3.06 bits per heavy atom. The Morgan fingerprint density at radius 2 is 2.28 bits per heavy atom. The summed E-state index contributed by atoms with van der Waals surface area (Å²) in [6.45, 7) is 3.05. The van der Waals surface area contributed by atoms with E-state index in [0.717, 1.165) is 34.8 Å². The Morgan fingerprint density at radius 1 is 1.44 bits per heavy atom. The molecule has 0 fully saturated rings. The fraction of sp³-hybridized carbons (Fsp3) is 0.333. The van der Waals surface area contributed by atoms with E-state index < -0.39 is 0 Å². The van der Waals surface area contributed by atoms with Crippen LogP contribution in [-0.2, 0) is 0 Å². The number of fused-ring (bicyclic) bond motifs is 1. The van der Waals surface area contributed by atoms with Gasteiger partial charge in [0.1, 0.15) is 11.3 Å². The molecule has 94 valence electrons. The molecule has 2 rings (SSSR count). The molecule has 1 aromatic carbocycles. The standard InChI is InChI=1S/C15H17NOS/c1-3-9-18-10-8-16-12(2)15-11-13-6-4-5-7-14(13)17-15/h1,4-7,11-12,16H,8-10H2,2H3. The Hall–Kier alpha value is -1.37. The summed E-state index contributed by atoms with van der Waals surface area (Å²) < 4.78 is 5.81. The quantitative estimate of drug-likeness (QED) is 0.635. The van der Waals surface area contributed by atoms with Crippen LogP contribution in [0.25, 0.3) is 11.0 Å². The van der Waals surface area contributed by atoms with Crippen LogP contribution in [0.15, 0.2) is 34.7 Å². The van der Waals surface area contributed by atoms with E-state index in [4.69, 9.17) is 10.8 Å². The van der Waals surface area contributed by atoms with Crippen LogP contribution in [0, 0.1) is 12.3 Å². The van der Waals surface area contributed by atoms with E-state index in [0.29, 0.717) is 0 Å². The van der Waals surface area contributed by atoms with Crippen LogP contribution in [0.1, 0.15) is 18.7 Å². The third-order valence-electron chi connectivity index (χ3n) is 2.75. The van der Waals surface area contributed by atoms with Gasteiger partial charge in [-0.3, -0.25) is 0 Å². The summed E-state index contributed by atoms with van der Waals surface area (Å²) in [4.78, 5) is 0. The van der Waals surface area contributed by atoms with Gasteiger partial charge in [0.15, 0.2) is 0 Å². The Balaban J connectivity index is 1.88. The first-order valence-electron chi connectivity index (χ1n) is 6.04. The van der Waals surface area contributed by atoms with Crippen molar-refractivity contribution in [3.63, 3.8) is 0 Å². The molecule has 1 aromatic heterocycles. The molecule has 0 aliphatic heterocycles. The fourth-order valence-electron chi connectivity index (χ4n) is 1.80. The molecule has 0 saturated carbocycles. The molecule has 1 atom stereocenters. The van der Waals surface area contributed by atoms with E-state index in [1.54, 1.807) is 11.8 Å². The van der Waals surface area contributed by atoms with Gasteiger partial charge >= 0.3 is 0 Å². The first-order valence-corrected chi connectivity index (χ1v) is 7.20. The maximum atomic E-state index is 5.81. The minimum absolute atomic E-state index is 0.226. The maximum Gasteiger partial charge on any atom is 0.134 e.